The van der Waals surface area contributed by atoms with Crippen LogP contribution in [0.25, 0.3) is 0 Å². The molecule has 4 atom stereocenters. The Bertz CT molecular complexity index is 520. The largest absolute Gasteiger partial charge is 0.480 e. The summed E-state index contributed by atoms with van der Waals surface area (Å²) >= 11 is 7.72. The summed E-state index contributed by atoms with van der Waals surface area (Å²) in [5.41, 5.74) is 5.49. The van der Waals surface area contributed by atoms with Crippen LogP contribution in [0.2, 0.25) is 0 Å². The number of aliphatic hydroxyl groups excluding tert-OH is 1. The van der Waals surface area contributed by atoms with Gasteiger partial charge >= 0.3 is 5.97 Å². The number of aliphatic hydroxyl groups is 1. The third-order valence-corrected chi connectivity index (χ3v) is 4.15. The van der Waals surface area contributed by atoms with Crippen LogP contribution in [0.3, 0.4) is 0 Å². The lowest BCUT2D eigenvalue weighted by Gasteiger charge is -2.26. The number of rotatable bonds is 11. The normalized spacial score (nSPS) is 15.5. The number of hydrogen-bond acceptors (Lipinski definition) is 8. The zero-order valence-corrected chi connectivity index (χ0v) is 16.3. The Balaban J connectivity index is 5.06. The fourth-order valence-corrected chi connectivity index (χ4v) is 2.20. The molecule has 0 aliphatic rings. The van der Waals surface area contributed by atoms with Crippen LogP contribution in [0.1, 0.15) is 13.8 Å². The number of carboxylic acid groups (broad SMARTS) is 1. The second-order valence-electron chi connectivity index (χ2n) is 5.85. The first-order chi connectivity index (χ1) is 12.1. The second-order valence-corrected chi connectivity index (χ2v) is 6.58. The SMILES string of the molecule is CC(C)C(NC(=O)C(CO)NC(=O)C(N)CS)C(=O)NC(CS)C(=O)O. The van der Waals surface area contributed by atoms with E-state index in [1.54, 1.807) is 13.8 Å². The standard InChI is InChI=1S/C14H26N4O6S2/c1-6(2)10(13(22)17-9(5-26)14(23)24)18-12(21)8(3-19)16-11(20)7(15)4-25/h6-10,19,25-26H,3-5,15H2,1-2H3,(H,16,20)(H,17,22)(H,18,21)(H,23,24). The number of amides is 3. The van der Waals surface area contributed by atoms with Crippen molar-refractivity contribution in [3.63, 3.8) is 0 Å². The summed E-state index contributed by atoms with van der Waals surface area (Å²) in [5.74, 6) is -3.93. The molecule has 7 N–H and O–H groups in total. The van der Waals surface area contributed by atoms with Crippen LogP contribution in [0, 0.1) is 5.92 Å². The number of thiol groups is 2. The van der Waals surface area contributed by atoms with E-state index < -0.39 is 54.5 Å². The van der Waals surface area contributed by atoms with Crippen molar-refractivity contribution in [2.24, 2.45) is 11.7 Å². The van der Waals surface area contributed by atoms with Crippen molar-refractivity contribution in [1.29, 1.82) is 0 Å². The van der Waals surface area contributed by atoms with Crippen LogP contribution in [0.15, 0.2) is 0 Å². The maximum Gasteiger partial charge on any atom is 0.327 e. The molecule has 0 aromatic rings. The van der Waals surface area contributed by atoms with Gasteiger partial charge in [0.05, 0.1) is 12.6 Å². The molecule has 3 amide bonds. The number of carboxylic acids is 1. The van der Waals surface area contributed by atoms with Crippen molar-refractivity contribution in [2.45, 2.75) is 38.0 Å². The Morgan fingerprint density at radius 3 is 1.85 bits per heavy atom. The first kappa shape index (κ1) is 24.5. The summed E-state index contributed by atoms with van der Waals surface area (Å²) in [5, 5.41) is 25.2. The smallest absolute Gasteiger partial charge is 0.327 e. The van der Waals surface area contributed by atoms with Gasteiger partial charge in [-0.1, -0.05) is 13.8 Å². The van der Waals surface area contributed by atoms with E-state index in [9.17, 15) is 24.3 Å². The summed E-state index contributed by atoms with van der Waals surface area (Å²) in [6.07, 6.45) is 0. The zero-order valence-electron chi connectivity index (χ0n) is 14.5. The quantitative estimate of drug-likeness (QED) is 0.172. The van der Waals surface area contributed by atoms with Gasteiger partial charge in [0.1, 0.15) is 18.1 Å². The summed E-state index contributed by atoms with van der Waals surface area (Å²) in [4.78, 5) is 47.3. The summed E-state index contributed by atoms with van der Waals surface area (Å²) in [6.45, 7) is 2.58. The highest BCUT2D eigenvalue weighted by Crippen LogP contribution is 2.04. The van der Waals surface area contributed by atoms with Crippen LogP contribution < -0.4 is 21.7 Å². The Labute approximate surface area is 162 Å². The summed E-state index contributed by atoms with van der Waals surface area (Å²) < 4.78 is 0. The van der Waals surface area contributed by atoms with Crippen LogP contribution in [-0.2, 0) is 19.2 Å². The minimum absolute atomic E-state index is 0.0446. The predicted octanol–water partition coefficient (Wildman–Crippen LogP) is -2.64. The summed E-state index contributed by atoms with van der Waals surface area (Å²) in [7, 11) is 0. The number of hydrogen-bond donors (Lipinski definition) is 8. The van der Waals surface area contributed by atoms with Crippen molar-refractivity contribution < 1.29 is 29.4 Å². The van der Waals surface area contributed by atoms with Gasteiger partial charge in [0.2, 0.25) is 17.7 Å². The van der Waals surface area contributed by atoms with Crippen molar-refractivity contribution >= 4 is 48.9 Å². The molecule has 0 aliphatic carbocycles. The molecule has 0 aromatic heterocycles. The molecule has 26 heavy (non-hydrogen) atoms. The minimum atomic E-state index is -1.32. The van der Waals surface area contributed by atoms with Gasteiger partial charge in [-0.2, -0.15) is 25.3 Å². The molecule has 0 aromatic carbocycles. The number of aliphatic carboxylic acids is 1. The second kappa shape index (κ2) is 12.0. The molecule has 0 rings (SSSR count). The fraction of sp³-hybridized carbons (Fsp3) is 0.714. The van der Waals surface area contributed by atoms with Crippen molar-refractivity contribution in [3.05, 3.63) is 0 Å². The average molecular weight is 411 g/mol. The first-order valence-corrected chi connectivity index (χ1v) is 9.07. The number of nitrogens with one attached hydrogen (secondary N) is 3. The van der Waals surface area contributed by atoms with Gasteiger partial charge in [-0.3, -0.25) is 14.4 Å². The van der Waals surface area contributed by atoms with E-state index in [-0.39, 0.29) is 17.4 Å². The van der Waals surface area contributed by atoms with Crippen LogP contribution in [0.4, 0.5) is 0 Å². The molecule has 0 bridgehead atoms. The fourth-order valence-electron chi connectivity index (χ4n) is 1.79. The highest BCUT2D eigenvalue weighted by atomic mass is 32.1. The third-order valence-electron chi connectivity index (χ3n) is 3.39. The molecular weight excluding hydrogens is 384 g/mol. The molecule has 150 valence electrons. The lowest BCUT2D eigenvalue weighted by molar-refractivity contribution is -0.142. The number of nitrogens with two attached hydrogens (primary N) is 1. The molecular formula is C14H26N4O6S2. The van der Waals surface area contributed by atoms with E-state index in [4.69, 9.17) is 10.8 Å². The molecule has 0 radical (unpaired) electrons. The van der Waals surface area contributed by atoms with E-state index in [1.807, 2.05) is 0 Å². The highest BCUT2D eigenvalue weighted by Gasteiger charge is 2.31. The van der Waals surface area contributed by atoms with Gasteiger partial charge in [0.25, 0.3) is 0 Å². The third kappa shape index (κ3) is 7.81. The van der Waals surface area contributed by atoms with Crippen LogP contribution in [0.5, 0.6) is 0 Å². The average Bonchev–Trinajstić information content (AvgIpc) is 2.59. The molecule has 0 aliphatic heterocycles. The van der Waals surface area contributed by atoms with E-state index >= 15 is 0 Å². The topological polar surface area (TPSA) is 171 Å². The van der Waals surface area contributed by atoms with E-state index in [0.29, 0.717) is 0 Å². The Morgan fingerprint density at radius 2 is 1.46 bits per heavy atom. The van der Waals surface area contributed by atoms with E-state index in [2.05, 4.69) is 41.2 Å². The summed E-state index contributed by atoms with van der Waals surface area (Å²) in [6, 6.07) is -4.57. The molecule has 12 heteroatoms. The molecule has 0 saturated heterocycles. The maximum absolute atomic E-state index is 12.3. The molecule has 0 heterocycles. The van der Waals surface area contributed by atoms with E-state index in [0.717, 1.165) is 0 Å². The van der Waals surface area contributed by atoms with Gasteiger partial charge < -0.3 is 31.9 Å². The number of carbonyl (C=O) groups is 4. The minimum Gasteiger partial charge on any atom is -0.480 e. The van der Waals surface area contributed by atoms with Gasteiger partial charge in [0.15, 0.2) is 0 Å². The Kier molecular flexibility index (Phi) is 11.3. The van der Waals surface area contributed by atoms with Gasteiger partial charge in [-0.05, 0) is 5.92 Å². The highest BCUT2D eigenvalue weighted by molar-refractivity contribution is 7.80. The Morgan fingerprint density at radius 1 is 0.923 bits per heavy atom. The van der Waals surface area contributed by atoms with Gasteiger partial charge in [-0.25, -0.2) is 4.79 Å². The molecule has 10 nitrogen and oxygen atoms in total. The molecule has 0 saturated carbocycles. The van der Waals surface area contributed by atoms with Crippen molar-refractivity contribution in [2.75, 3.05) is 18.1 Å². The van der Waals surface area contributed by atoms with Crippen molar-refractivity contribution in [3.8, 4) is 0 Å². The Hall–Kier alpha value is -1.50. The van der Waals surface area contributed by atoms with E-state index in [1.165, 1.54) is 0 Å². The van der Waals surface area contributed by atoms with Crippen LogP contribution >= 0.6 is 25.3 Å². The van der Waals surface area contributed by atoms with Gasteiger partial charge in [0, 0.05) is 11.5 Å². The van der Waals surface area contributed by atoms with Crippen LogP contribution in [-0.4, -0.2) is 76.2 Å². The molecule has 0 spiro atoms. The predicted molar refractivity (Wildman–Crippen MR) is 101 cm³/mol. The maximum atomic E-state index is 12.3. The van der Waals surface area contributed by atoms with Crippen molar-refractivity contribution in [1.82, 2.24) is 16.0 Å². The molecule has 0 fully saturated rings. The lowest BCUT2D eigenvalue weighted by Crippen LogP contribution is -2.59. The lowest BCUT2D eigenvalue weighted by atomic mass is 10.0. The zero-order chi connectivity index (χ0) is 20.4. The first-order valence-electron chi connectivity index (χ1n) is 7.81. The number of carbonyl (C=O) groups excluding carboxylic acids is 3. The molecule has 4 unspecified atom stereocenters. The monoisotopic (exact) mass is 410 g/mol. The van der Waals surface area contributed by atoms with Gasteiger partial charge in [-0.15, -0.1) is 0 Å².